The lowest BCUT2D eigenvalue weighted by atomic mass is 9.86. The van der Waals surface area contributed by atoms with Gasteiger partial charge in [-0.3, -0.25) is 0 Å². The molecule has 0 N–H and O–H groups in total. The molecule has 1 atom stereocenters. The van der Waals surface area contributed by atoms with Crippen LogP contribution in [0.2, 0.25) is 0 Å². The molecular formula is C23H25P. The molecule has 24 heavy (non-hydrogen) atoms. The maximum atomic E-state index is 4.11. The minimum Gasteiger partial charge on any atom is -0.0998 e. The van der Waals surface area contributed by atoms with Gasteiger partial charge in [-0.1, -0.05) is 96.4 Å². The second-order valence-corrected chi connectivity index (χ2v) is 8.52. The van der Waals surface area contributed by atoms with E-state index in [-0.39, 0.29) is 0 Å². The predicted molar refractivity (Wildman–Crippen MR) is 108 cm³/mol. The van der Waals surface area contributed by atoms with Crippen LogP contribution in [-0.4, -0.2) is 0 Å². The van der Waals surface area contributed by atoms with E-state index in [9.17, 15) is 0 Å². The number of allylic oxidation sites excluding steroid dienone is 4. The highest BCUT2D eigenvalue weighted by Crippen LogP contribution is 2.37. The summed E-state index contributed by atoms with van der Waals surface area (Å²) in [5.74, 6) is 3.10. The topological polar surface area (TPSA) is 0 Å². The fraction of sp³-hybridized carbons (Fsp3) is 0.217. The van der Waals surface area contributed by atoms with Gasteiger partial charge in [-0.15, -0.1) is 0 Å². The average Bonchev–Trinajstić information content (AvgIpc) is 2.64. The van der Waals surface area contributed by atoms with E-state index in [1.165, 1.54) is 34.6 Å². The summed E-state index contributed by atoms with van der Waals surface area (Å²) < 4.78 is 0. The molecule has 0 saturated heterocycles. The second kappa shape index (κ2) is 8.27. The van der Waals surface area contributed by atoms with Crippen LogP contribution in [0.5, 0.6) is 0 Å². The van der Waals surface area contributed by atoms with Crippen LogP contribution in [-0.2, 0) is 0 Å². The number of rotatable bonds is 5. The Bertz CT molecular complexity index is 686. The van der Waals surface area contributed by atoms with Crippen molar-refractivity contribution < 1.29 is 0 Å². The third-order valence-corrected chi connectivity index (χ3v) is 6.81. The Kier molecular flexibility index (Phi) is 5.83. The number of hydrogen-bond acceptors (Lipinski definition) is 0. The van der Waals surface area contributed by atoms with E-state index in [0.29, 0.717) is 5.92 Å². The molecule has 0 spiro atoms. The Morgan fingerprint density at radius 2 is 1.58 bits per heavy atom. The van der Waals surface area contributed by atoms with Crippen molar-refractivity contribution in [1.29, 1.82) is 0 Å². The van der Waals surface area contributed by atoms with Crippen LogP contribution in [0.4, 0.5) is 0 Å². The molecular weight excluding hydrogens is 307 g/mol. The first kappa shape index (κ1) is 16.9. The smallest absolute Gasteiger partial charge is 0.0157 e. The Hall–Kier alpha value is -1.91. The second-order valence-electron chi connectivity index (χ2n) is 6.45. The molecule has 1 unspecified atom stereocenters. The average molecular weight is 332 g/mol. The summed E-state index contributed by atoms with van der Waals surface area (Å²) in [6.45, 7) is 6.27. The monoisotopic (exact) mass is 332 g/mol. The molecule has 0 fully saturated rings. The first-order valence-corrected chi connectivity index (χ1v) is 10.1. The van der Waals surface area contributed by atoms with Crippen molar-refractivity contribution in [2.24, 2.45) is 5.92 Å². The number of hydrogen-bond donors (Lipinski definition) is 0. The van der Waals surface area contributed by atoms with Crippen LogP contribution in [0.3, 0.4) is 0 Å². The van der Waals surface area contributed by atoms with E-state index < -0.39 is 7.92 Å². The van der Waals surface area contributed by atoms with Crippen molar-refractivity contribution in [3.63, 3.8) is 0 Å². The van der Waals surface area contributed by atoms with Crippen LogP contribution in [0.1, 0.15) is 26.2 Å². The van der Waals surface area contributed by atoms with Gasteiger partial charge in [0.15, 0.2) is 0 Å². The van der Waals surface area contributed by atoms with Gasteiger partial charge >= 0.3 is 0 Å². The fourth-order valence-electron chi connectivity index (χ4n) is 3.12. The fourth-order valence-corrected chi connectivity index (χ4v) is 5.09. The minimum absolute atomic E-state index is 0.438. The summed E-state index contributed by atoms with van der Waals surface area (Å²) in [6, 6.07) is 21.7. The summed E-state index contributed by atoms with van der Waals surface area (Å²) in [6.07, 6.45) is 8.31. The lowest BCUT2D eigenvalue weighted by molar-refractivity contribution is 0.545. The largest absolute Gasteiger partial charge is 0.0998 e. The Morgan fingerprint density at radius 3 is 2.04 bits per heavy atom. The van der Waals surface area contributed by atoms with Crippen molar-refractivity contribution in [3.8, 4) is 0 Å². The minimum atomic E-state index is -0.438. The molecule has 2 aromatic carbocycles. The van der Waals surface area contributed by atoms with Crippen molar-refractivity contribution in [1.82, 2.24) is 0 Å². The van der Waals surface area contributed by atoms with Gasteiger partial charge in [0.2, 0.25) is 0 Å². The van der Waals surface area contributed by atoms with E-state index in [1.54, 1.807) is 0 Å². The molecule has 0 amide bonds. The maximum Gasteiger partial charge on any atom is -0.0157 e. The highest BCUT2D eigenvalue weighted by Gasteiger charge is 2.14. The first-order valence-electron chi connectivity index (χ1n) is 8.66. The van der Waals surface area contributed by atoms with Gasteiger partial charge in [-0.2, -0.15) is 0 Å². The molecule has 3 rings (SSSR count). The van der Waals surface area contributed by atoms with Gasteiger partial charge in [0, 0.05) is 0 Å². The molecule has 0 heterocycles. The molecule has 122 valence electrons. The predicted octanol–water partition coefficient (Wildman–Crippen LogP) is 5.94. The molecule has 0 radical (unpaired) electrons. The zero-order valence-corrected chi connectivity index (χ0v) is 15.3. The van der Waals surface area contributed by atoms with E-state index >= 15 is 0 Å². The van der Waals surface area contributed by atoms with E-state index in [4.69, 9.17) is 0 Å². The highest BCUT2D eigenvalue weighted by molar-refractivity contribution is 7.75. The van der Waals surface area contributed by atoms with Crippen LogP contribution in [0, 0.1) is 5.92 Å². The van der Waals surface area contributed by atoms with Gasteiger partial charge in [-0.05, 0) is 50.6 Å². The van der Waals surface area contributed by atoms with E-state index in [2.05, 4.69) is 92.1 Å². The zero-order chi connectivity index (χ0) is 16.8. The van der Waals surface area contributed by atoms with E-state index in [1.807, 2.05) is 0 Å². The SMILES string of the molecule is C=C(C)C1CC=C(/C=C/P(c2ccccc2)c2ccccc2)CC1. The van der Waals surface area contributed by atoms with Crippen molar-refractivity contribution >= 4 is 18.5 Å². The zero-order valence-electron chi connectivity index (χ0n) is 14.4. The lowest BCUT2D eigenvalue weighted by Crippen LogP contribution is -2.09. The summed E-state index contributed by atoms with van der Waals surface area (Å²) >= 11 is 0. The lowest BCUT2D eigenvalue weighted by Gasteiger charge is -2.21. The molecule has 0 nitrogen and oxygen atoms in total. The van der Waals surface area contributed by atoms with Crippen LogP contribution < -0.4 is 10.6 Å². The molecule has 1 aliphatic rings. The normalized spacial score (nSPS) is 17.9. The summed E-state index contributed by atoms with van der Waals surface area (Å²) in [5, 5.41) is 2.82. The summed E-state index contributed by atoms with van der Waals surface area (Å²) in [5.41, 5.74) is 2.80. The van der Waals surface area contributed by atoms with Crippen LogP contribution >= 0.6 is 7.92 Å². The van der Waals surface area contributed by atoms with Crippen molar-refractivity contribution in [3.05, 3.63) is 96.4 Å². The van der Waals surface area contributed by atoms with Gasteiger partial charge in [-0.25, -0.2) is 0 Å². The molecule has 2 aromatic rings. The Balaban J connectivity index is 1.82. The third kappa shape index (κ3) is 4.34. The van der Waals surface area contributed by atoms with Gasteiger partial charge in [0.1, 0.15) is 0 Å². The van der Waals surface area contributed by atoms with Crippen LogP contribution in [0.15, 0.2) is 96.4 Å². The molecule has 0 aromatic heterocycles. The number of benzene rings is 2. The van der Waals surface area contributed by atoms with Crippen LogP contribution in [0.25, 0.3) is 0 Å². The summed E-state index contributed by atoms with van der Waals surface area (Å²) in [4.78, 5) is 0. The molecule has 1 heteroatoms. The van der Waals surface area contributed by atoms with Gasteiger partial charge in [0.25, 0.3) is 0 Å². The quantitative estimate of drug-likeness (QED) is 0.470. The third-order valence-electron chi connectivity index (χ3n) is 4.65. The summed E-state index contributed by atoms with van der Waals surface area (Å²) in [7, 11) is -0.438. The standard InChI is InChI=1S/C23H25P/c1-19(2)21-15-13-20(14-16-21)17-18-24(22-9-5-3-6-10-22)23-11-7-4-8-12-23/h3-13,17-18,21H,1,14-16H2,2H3/b18-17+. The van der Waals surface area contributed by atoms with E-state index in [0.717, 1.165) is 6.42 Å². The Labute approximate surface area is 147 Å². The van der Waals surface area contributed by atoms with Crippen molar-refractivity contribution in [2.75, 3.05) is 0 Å². The molecule has 0 bridgehead atoms. The van der Waals surface area contributed by atoms with Gasteiger partial charge in [0.05, 0.1) is 0 Å². The Morgan fingerprint density at radius 1 is 1.00 bits per heavy atom. The van der Waals surface area contributed by atoms with Gasteiger partial charge < -0.3 is 0 Å². The van der Waals surface area contributed by atoms with Crippen molar-refractivity contribution in [2.45, 2.75) is 26.2 Å². The first-order chi connectivity index (χ1) is 11.7. The molecule has 1 aliphatic carbocycles. The maximum absolute atomic E-state index is 4.11. The highest BCUT2D eigenvalue weighted by atomic mass is 31.1. The molecule has 0 aliphatic heterocycles. The molecule has 0 saturated carbocycles.